The summed E-state index contributed by atoms with van der Waals surface area (Å²) in [5, 5.41) is 13.8. The van der Waals surface area contributed by atoms with Crippen LogP contribution in [0, 0.1) is 5.92 Å². The average Bonchev–Trinajstić information content (AvgIpc) is 3.73. The highest BCUT2D eigenvalue weighted by molar-refractivity contribution is 6.00. The molecule has 0 unspecified atom stereocenters. The van der Waals surface area contributed by atoms with Gasteiger partial charge in [0.05, 0.1) is 16.7 Å². The Kier molecular flexibility index (Phi) is 6.50. The van der Waals surface area contributed by atoms with E-state index in [9.17, 15) is 0 Å². The molecule has 0 amide bonds. The molecule has 5 heterocycles. The number of nitrogens with zero attached hydrogens (tertiary/aromatic N) is 5. The first kappa shape index (κ1) is 24.3. The first-order valence-electron chi connectivity index (χ1n) is 14.3. The van der Waals surface area contributed by atoms with Gasteiger partial charge < -0.3 is 20.1 Å². The second kappa shape index (κ2) is 10.4. The lowest BCUT2D eigenvalue weighted by molar-refractivity contribution is 0.312. The number of pyridine rings is 2. The molecule has 1 aromatic carbocycles. The molecule has 0 atom stereocenters. The van der Waals surface area contributed by atoms with Crippen molar-refractivity contribution in [3.63, 3.8) is 0 Å². The van der Waals surface area contributed by atoms with E-state index < -0.39 is 0 Å². The molecule has 3 N–H and O–H groups in total. The van der Waals surface area contributed by atoms with Crippen LogP contribution < -0.4 is 10.2 Å². The average molecular weight is 521 g/mol. The Labute approximate surface area is 228 Å². The molecule has 2 fully saturated rings. The maximum atomic E-state index is 4.77. The molecule has 5 aromatic rings. The normalized spacial score (nSPS) is 17.1. The SMILES string of the molecule is CN1CCN(c2nccc3[nH]c(-c4n[nH]c5ccc(-c6cncc(CNCC7CCCC7)c6)cc45)cc23)CC1. The van der Waals surface area contributed by atoms with E-state index in [1.54, 1.807) is 0 Å². The van der Waals surface area contributed by atoms with Crippen LogP contribution in [-0.2, 0) is 6.54 Å². The van der Waals surface area contributed by atoms with Crippen LogP contribution in [0.15, 0.2) is 55.0 Å². The summed E-state index contributed by atoms with van der Waals surface area (Å²) in [7, 11) is 2.18. The first-order valence-corrected chi connectivity index (χ1v) is 14.3. The lowest BCUT2D eigenvalue weighted by Crippen LogP contribution is -2.44. The van der Waals surface area contributed by atoms with Crippen molar-refractivity contribution in [3.05, 3.63) is 60.6 Å². The van der Waals surface area contributed by atoms with Crippen LogP contribution in [0.25, 0.3) is 44.3 Å². The third-order valence-corrected chi connectivity index (χ3v) is 8.51. The molecule has 1 saturated carbocycles. The number of fused-ring (bicyclic) bond motifs is 2. The van der Waals surface area contributed by atoms with Crippen LogP contribution in [0.3, 0.4) is 0 Å². The van der Waals surface area contributed by atoms with Crippen LogP contribution in [0.4, 0.5) is 5.82 Å². The predicted molar refractivity (Wildman–Crippen MR) is 158 cm³/mol. The molecule has 7 rings (SSSR count). The lowest BCUT2D eigenvalue weighted by atomic mass is 10.0. The number of nitrogens with one attached hydrogen (secondary N) is 3. The van der Waals surface area contributed by atoms with Gasteiger partial charge in [0, 0.05) is 67.7 Å². The lowest BCUT2D eigenvalue weighted by Gasteiger charge is -2.33. The molecule has 0 spiro atoms. The summed E-state index contributed by atoms with van der Waals surface area (Å²) in [4.78, 5) is 17.7. The topological polar surface area (TPSA) is 88.8 Å². The molecule has 4 aromatic heterocycles. The molecule has 39 heavy (non-hydrogen) atoms. The zero-order valence-electron chi connectivity index (χ0n) is 22.6. The number of likely N-dealkylation sites (N-methyl/N-ethyl adjacent to an activating group) is 1. The molecule has 0 radical (unpaired) electrons. The Bertz CT molecular complexity index is 1590. The van der Waals surface area contributed by atoms with E-state index in [-0.39, 0.29) is 0 Å². The van der Waals surface area contributed by atoms with Crippen molar-refractivity contribution in [2.24, 2.45) is 5.92 Å². The van der Waals surface area contributed by atoms with Gasteiger partial charge in [-0.3, -0.25) is 10.1 Å². The highest BCUT2D eigenvalue weighted by Crippen LogP contribution is 2.34. The van der Waals surface area contributed by atoms with E-state index >= 15 is 0 Å². The summed E-state index contributed by atoms with van der Waals surface area (Å²) in [6, 6.07) is 13.0. The Morgan fingerprint density at radius 1 is 0.923 bits per heavy atom. The number of aromatic nitrogens is 5. The van der Waals surface area contributed by atoms with Crippen molar-refractivity contribution < 1.29 is 0 Å². The number of hydrogen-bond donors (Lipinski definition) is 3. The number of H-pyrrole nitrogens is 2. The van der Waals surface area contributed by atoms with E-state index in [2.05, 4.69) is 73.6 Å². The number of aromatic amines is 2. The Morgan fingerprint density at radius 3 is 2.67 bits per heavy atom. The Morgan fingerprint density at radius 2 is 1.79 bits per heavy atom. The van der Waals surface area contributed by atoms with Crippen LogP contribution >= 0.6 is 0 Å². The highest BCUT2D eigenvalue weighted by atomic mass is 15.3. The zero-order valence-corrected chi connectivity index (χ0v) is 22.6. The van der Waals surface area contributed by atoms with Gasteiger partial charge in [-0.25, -0.2) is 4.98 Å². The van der Waals surface area contributed by atoms with Gasteiger partial charge in [-0.15, -0.1) is 0 Å². The van der Waals surface area contributed by atoms with Gasteiger partial charge in [0.1, 0.15) is 11.5 Å². The Hall–Kier alpha value is -3.75. The number of hydrogen-bond acceptors (Lipinski definition) is 6. The fourth-order valence-corrected chi connectivity index (χ4v) is 6.21. The van der Waals surface area contributed by atoms with Crippen molar-refractivity contribution in [1.29, 1.82) is 0 Å². The zero-order chi connectivity index (χ0) is 26.2. The maximum Gasteiger partial charge on any atom is 0.138 e. The molecule has 1 saturated heterocycles. The third kappa shape index (κ3) is 4.90. The van der Waals surface area contributed by atoms with Crippen LogP contribution in [0.1, 0.15) is 31.2 Å². The van der Waals surface area contributed by atoms with E-state index in [1.165, 1.54) is 31.2 Å². The van der Waals surface area contributed by atoms with E-state index in [0.717, 1.165) is 95.3 Å². The fourth-order valence-electron chi connectivity index (χ4n) is 6.21. The minimum atomic E-state index is 0.834. The Balaban J connectivity index is 1.17. The number of anilines is 1. The van der Waals surface area contributed by atoms with Gasteiger partial charge in [-0.1, -0.05) is 18.9 Å². The van der Waals surface area contributed by atoms with Gasteiger partial charge in [0.15, 0.2) is 0 Å². The predicted octanol–water partition coefficient (Wildman–Crippen LogP) is 5.20. The van der Waals surface area contributed by atoms with Crippen LogP contribution in [0.2, 0.25) is 0 Å². The summed E-state index contributed by atoms with van der Waals surface area (Å²) >= 11 is 0. The molecule has 1 aliphatic heterocycles. The molecular weight excluding hydrogens is 484 g/mol. The van der Waals surface area contributed by atoms with Crippen molar-refractivity contribution in [3.8, 4) is 22.5 Å². The van der Waals surface area contributed by atoms with Crippen molar-refractivity contribution in [1.82, 2.24) is 35.4 Å². The molecule has 8 nitrogen and oxygen atoms in total. The quantitative estimate of drug-likeness (QED) is 0.273. The van der Waals surface area contributed by atoms with Crippen LogP contribution in [0.5, 0.6) is 0 Å². The second-order valence-electron chi connectivity index (χ2n) is 11.3. The smallest absolute Gasteiger partial charge is 0.138 e. The summed E-state index contributed by atoms with van der Waals surface area (Å²) in [5.41, 5.74) is 7.52. The van der Waals surface area contributed by atoms with Crippen molar-refractivity contribution >= 4 is 27.6 Å². The molecule has 200 valence electrons. The number of benzene rings is 1. The van der Waals surface area contributed by atoms with Gasteiger partial charge in [0.25, 0.3) is 0 Å². The van der Waals surface area contributed by atoms with Gasteiger partial charge in [-0.05, 0) is 73.8 Å². The summed E-state index contributed by atoms with van der Waals surface area (Å²) in [6.45, 7) is 6.03. The van der Waals surface area contributed by atoms with Gasteiger partial charge >= 0.3 is 0 Å². The van der Waals surface area contributed by atoms with E-state index in [1.807, 2.05) is 18.6 Å². The van der Waals surface area contributed by atoms with Crippen molar-refractivity contribution in [2.45, 2.75) is 32.2 Å². The molecule has 8 heteroatoms. The minimum Gasteiger partial charge on any atom is -0.353 e. The highest BCUT2D eigenvalue weighted by Gasteiger charge is 2.20. The van der Waals surface area contributed by atoms with E-state index in [4.69, 9.17) is 10.1 Å². The van der Waals surface area contributed by atoms with E-state index in [0.29, 0.717) is 0 Å². The minimum absolute atomic E-state index is 0.834. The van der Waals surface area contributed by atoms with Gasteiger partial charge in [-0.2, -0.15) is 5.10 Å². The molecule has 1 aliphatic carbocycles. The summed E-state index contributed by atoms with van der Waals surface area (Å²) in [6.07, 6.45) is 11.3. The summed E-state index contributed by atoms with van der Waals surface area (Å²) < 4.78 is 0. The first-order chi connectivity index (χ1) is 19.2. The second-order valence-corrected chi connectivity index (χ2v) is 11.3. The van der Waals surface area contributed by atoms with Crippen molar-refractivity contribution in [2.75, 3.05) is 44.7 Å². The monoisotopic (exact) mass is 520 g/mol. The maximum absolute atomic E-state index is 4.77. The number of piperazine rings is 1. The number of rotatable bonds is 7. The third-order valence-electron chi connectivity index (χ3n) is 8.51. The summed E-state index contributed by atoms with van der Waals surface area (Å²) in [5.74, 6) is 1.88. The largest absolute Gasteiger partial charge is 0.353 e. The molecular formula is C31H36N8. The standard InChI is InChI=1S/C31H36N8/c1-38-10-12-39(13-11-38)31-26-16-29(35-27(26)8-9-34-31)30-25-15-23(6-7-28(25)36-37-30)24-14-22(19-33-20-24)18-32-17-21-4-2-3-5-21/h6-9,14-16,19-21,32,35H,2-5,10-13,17-18H2,1H3,(H,36,37). The van der Waals surface area contributed by atoms with Gasteiger partial charge in [0.2, 0.25) is 0 Å². The molecule has 0 bridgehead atoms. The fraction of sp³-hybridized carbons (Fsp3) is 0.387. The van der Waals surface area contributed by atoms with Crippen LogP contribution in [-0.4, -0.2) is 69.8 Å². The molecule has 2 aliphatic rings.